The molecule has 0 aromatic rings. The average molecular weight is 159 g/mol. The highest BCUT2D eigenvalue weighted by Crippen LogP contribution is 2.23. The molecule has 2 unspecified atom stereocenters. The zero-order valence-electron chi connectivity index (χ0n) is 7.13. The van der Waals surface area contributed by atoms with Crippen molar-refractivity contribution in [2.45, 2.75) is 39.3 Å². The highest BCUT2D eigenvalue weighted by atomic mass is 32.2. The minimum absolute atomic E-state index is 0.782. The zero-order valence-corrected chi connectivity index (χ0v) is 7.95. The summed E-state index contributed by atoms with van der Waals surface area (Å²) in [6.07, 6.45) is 1.28. The van der Waals surface area contributed by atoms with Crippen molar-refractivity contribution in [1.82, 2.24) is 4.90 Å². The molecule has 1 saturated heterocycles. The van der Waals surface area contributed by atoms with Gasteiger partial charge in [0.1, 0.15) is 0 Å². The van der Waals surface area contributed by atoms with E-state index in [-0.39, 0.29) is 0 Å². The number of rotatable bonds is 2. The van der Waals surface area contributed by atoms with E-state index in [1.54, 1.807) is 0 Å². The predicted molar refractivity (Wildman–Crippen MR) is 48.4 cm³/mol. The van der Waals surface area contributed by atoms with Gasteiger partial charge in [-0.25, -0.2) is 0 Å². The predicted octanol–water partition coefficient (Wildman–Crippen LogP) is 2.18. The van der Waals surface area contributed by atoms with Crippen LogP contribution in [0.2, 0.25) is 0 Å². The smallest absolute Gasteiger partial charge is 0.0450 e. The summed E-state index contributed by atoms with van der Waals surface area (Å²) in [4.78, 5) is 2.59. The topological polar surface area (TPSA) is 3.24 Å². The van der Waals surface area contributed by atoms with Gasteiger partial charge < -0.3 is 0 Å². The summed E-state index contributed by atoms with van der Waals surface area (Å²) in [7, 11) is 0. The van der Waals surface area contributed by atoms with Crippen LogP contribution in [0.5, 0.6) is 0 Å². The SMILES string of the molecule is CCC(C)N1CSCC1C. The van der Waals surface area contributed by atoms with Gasteiger partial charge in [-0.15, -0.1) is 11.8 Å². The average Bonchev–Trinajstić information content (AvgIpc) is 2.34. The molecule has 2 atom stereocenters. The van der Waals surface area contributed by atoms with Crippen LogP contribution in [0, 0.1) is 0 Å². The van der Waals surface area contributed by atoms with E-state index in [4.69, 9.17) is 0 Å². The molecule has 0 amide bonds. The molecule has 0 N–H and O–H groups in total. The van der Waals surface area contributed by atoms with E-state index in [1.165, 1.54) is 18.1 Å². The molecule has 2 heteroatoms. The Morgan fingerprint density at radius 3 is 2.80 bits per heavy atom. The molecule has 1 fully saturated rings. The summed E-state index contributed by atoms with van der Waals surface area (Å²) in [5, 5.41) is 0. The van der Waals surface area contributed by atoms with Gasteiger partial charge in [0, 0.05) is 23.7 Å². The lowest BCUT2D eigenvalue weighted by Crippen LogP contribution is -2.35. The molecule has 1 nitrogen and oxygen atoms in total. The maximum absolute atomic E-state index is 2.59. The summed E-state index contributed by atoms with van der Waals surface area (Å²) in [5.74, 6) is 2.57. The van der Waals surface area contributed by atoms with Crippen molar-refractivity contribution in [3.05, 3.63) is 0 Å². The minimum atomic E-state index is 0.782. The second-order valence-electron chi connectivity index (χ2n) is 3.12. The third-order valence-electron chi connectivity index (χ3n) is 2.32. The van der Waals surface area contributed by atoms with Gasteiger partial charge >= 0.3 is 0 Å². The van der Waals surface area contributed by atoms with Crippen LogP contribution in [0.25, 0.3) is 0 Å². The Morgan fingerprint density at radius 1 is 1.70 bits per heavy atom. The largest absolute Gasteiger partial charge is 0.288 e. The van der Waals surface area contributed by atoms with Crippen LogP contribution in [-0.4, -0.2) is 28.6 Å². The molecule has 0 bridgehead atoms. The van der Waals surface area contributed by atoms with Gasteiger partial charge in [0.15, 0.2) is 0 Å². The third kappa shape index (κ3) is 1.67. The molecule has 1 heterocycles. The first-order valence-corrected chi connectivity index (χ1v) is 5.24. The highest BCUT2D eigenvalue weighted by molar-refractivity contribution is 7.99. The first-order valence-electron chi connectivity index (χ1n) is 4.09. The molecule has 1 aliphatic heterocycles. The van der Waals surface area contributed by atoms with Gasteiger partial charge in [0.2, 0.25) is 0 Å². The van der Waals surface area contributed by atoms with Gasteiger partial charge in [-0.05, 0) is 20.3 Å². The molecule has 1 aliphatic rings. The van der Waals surface area contributed by atoms with E-state index in [0.29, 0.717) is 0 Å². The van der Waals surface area contributed by atoms with Crippen molar-refractivity contribution in [2.24, 2.45) is 0 Å². The van der Waals surface area contributed by atoms with Crippen molar-refractivity contribution < 1.29 is 0 Å². The van der Waals surface area contributed by atoms with E-state index >= 15 is 0 Å². The maximum atomic E-state index is 2.59. The molecular formula is C8H17NS. The summed E-state index contributed by atoms with van der Waals surface area (Å²) in [5.41, 5.74) is 0. The molecule has 0 saturated carbocycles. The van der Waals surface area contributed by atoms with E-state index in [9.17, 15) is 0 Å². The van der Waals surface area contributed by atoms with Gasteiger partial charge in [-0.1, -0.05) is 6.92 Å². The van der Waals surface area contributed by atoms with E-state index in [0.717, 1.165) is 12.1 Å². The van der Waals surface area contributed by atoms with Crippen LogP contribution in [0.15, 0.2) is 0 Å². The second-order valence-corrected chi connectivity index (χ2v) is 4.12. The fraction of sp³-hybridized carbons (Fsp3) is 1.00. The molecule has 60 valence electrons. The van der Waals surface area contributed by atoms with Crippen LogP contribution in [0.4, 0.5) is 0 Å². The van der Waals surface area contributed by atoms with Gasteiger partial charge in [0.05, 0.1) is 0 Å². The number of thioether (sulfide) groups is 1. The van der Waals surface area contributed by atoms with Crippen molar-refractivity contribution in [3.8, 4) is 0 Å². The minimum Gasteiger partial charge on any atom is -0.288 e. The molecule has 1 rings (SSSR count). The van der Waals surface area contributed by atoms with Gasteiger partial charge in [-0.2, -0.15) is 0 Å². The summed E-state index contributed by atoms with van der Waals surface area (Å²) < 4.78 is 0. The molecule has 0 aromatic heterocycles. The quantitative estimate of drug-likeness (QED) is 0.607. The van der Waals surface area contributed by atoms with Crippen molar-refractivity contribution in [2.75, 3.05) is 11.6 Å². The van der Waals surface area contributed by atoms with Crippen LogP contribution in [0.1, 0.15) is 27.2 Å². The summed E-state index contributed by atoms with van der Waals surface area (Å²) in [6.45, 7) is 6.91. The first kappa shape index (κ1) is 8.41. The van der Waals surface area contributed by atoms with Crippen LogP contribution >= 0.6 is 11.8 Å². The van der Waals surface area contributed by atoms with Crippen LogP contribution in [-0.2, 0) is 0 Å². The monoisotopic (exact) mass is 159 g/mol. The Morgan fingerprint density at radius 2 is 2.40 bits per heavy atom. The molecular weight excluding hydrogens is 142 g/mol. The highest BCUT2D eigenvalue weighted by Gasteiger charge is 2.23. The molecule has 0 radical (unpaired) electrons. The number of hydrogen-bond donors (Lipinski definition) is 0. The number of hydrogen-bond acceptors (Lipinski definition) is 2. The van der Waals surface area contributed by atoms with E-state index < -0.39 is 0 Å². The van der Waals surface area contributed by atoms with Crippen molar-refractivity contribution >= 4 is 11.8 Å². The summed E-state index contributed by atoms with van der Waals surface area (Å²) >= 11 is 2.06. The maximum Gasteiger partial charge on any atom is 0.0450 e. The molecule has 0 spiro atoms. The third-order valence-corrected chi connectivity index (χ3v) is 3.52. The molecule has 0 aliphatic carbocycles. The second kappa shape index (κ2) is 3.63. The lowest BCUT2D eigenvalue weighted by Gasteiger charge is -2.26. The molecule has 0 aromatic carbocycles. The Bertz CT molecular complexity index is 105. The Labute approximate surface area is 68.2 Å². The van der Waals surface area contributed by atoms with Crippen molar-refractivity contribution in [3.63, 3.8) is 0 Å². The number of nitrogens with zero attached hydrogens (tertiary/aromatic N) is 1. The zero-order chi connectivity index (χ0) is 7.56. The normalized spacial score (nSPS) is 30.9. The lowest BCUT2D eigenvalue weighted by atomic mass is 10.2. The fourth-order valence-electron chi connectivity index (χ4n) is 1.35. The van der Waals surface area contributed by atoms with E-state index in [2.05, 4.69) is 37.4 Å². The first-order chi connectivity index (χ1) is 4.75. The van der Waals surface area contributed by atoms with Crippen molar-refractivity contribution in [1.29, 1.82) is 0 Å². The Hall–Kier alpha value is 0.310. The standard InChI is InChI=1S/C8H17NS/c1-4-7(2)9-6-10-5-8(9)3/h7-8H,4-6H2,1-3H3. The van der Waals surface area contributed by atoms with Crippen LogP contribution < -0.4 is 0 Å². The fourth-order valence-corrected chi connectivity index (χ4v) is 2.71. The summed E-state index contributed by atoms with van der Waals surface area (Å²) in [6, 6.07) is 1.59. The Balaban J connectivity index is 2.38. The van der Waals surface area contributed by atoms with Gasteiger partial charge in [-0.3, -0.25) is 4.90 Å². The van der Waals surface area contributed by atoms with E-state index in [1.807, 2.05) is 0 Å². The molecule has 10 heavy (non-hydrogen) atoms. The lowest BCUT2D eigenvalue weighted by molar-refractivity contribution is 0.208. The Kier molecular flexibility index (Phi) is 3.05. The van der Waals surface area contributed by atoms with Gasteiger partial charge in [0.25, 0.3) is 0 Å². The van der Waals surface area contributed by atoms with Crippen LogP contribution in [0.3, 0.4) is 0 Å².